The van der Waals surface area contributed by atoms with Crippen LogP contribution in [0.5, 0.6) is 0 Å². The predicted octanol–water partition coefficient (Wildman–Crippen LogP) is 5.78. The van der Waals surface area contributed by atoms with Crippen molar-refractivity contribution in [3.63, 3.8) is 0 Å². The fourth-order valence-corrected chi connectivity index (χ4v) is 4.15. The first-order chi connectivity index (χ1) is 16.2. The SMILES string of the molecule is Cc1ccccc1-n1c(SC(C)C(=O)Nc2cccc(C(F)(F)F)c2)nnc1-c1ccncc1. The fraction of sp³-hybridized carbons (Fsp3) is 0.167. The van der Waals surface area contributed by atoms with Crippen LogP contribution in [-0.4, -0.2) is 30.9 Å². The van der Waals surface area contributed by atoms with Gasteiger partial charge in [-0.1, -0.05) is 36.0 Å². The number of aromatic nitrogens is 4. The molecule has 6 nitrogen and oxygen atoms in total. The second kappa shape index (κ2) is 9.68. The first-order valence-corrected chi connectivity index (χ1v) is 11.2. The largest absolute Gasteiger partial charge is 0.416 e. The monoisotopic (exact) mass is 483 g/mol. The molecule has 34 heavy (non-hydrogen) atoms. The van der Waals surface area contributed by atoms with E-state index >= 15 is 0 Å². The molecule has 4 rings (SSSR count). The Labute approximate surface area is 198 Å². The highest BCUT2D eigenvalue weighted by Crippen LogP contribution is 2.33. The van der Waals surface area contributed by atoms with Crippen LogP contribution in [0, 0.1) is 6.92 Å². The van der Waals surface area contributed by atoms with Gasteiger partial charge in [0.05, 0.1) is 16.5 Å². The van der Waals surface area contributed by atoms with Crippen LogP contribution in [0.1, 0.15) is 18.1 Å². The van der Waals surface area contributed by atoms with Crippen LogP contribution in [0.2, 0.25) is 0 Å². The maximum Gasteiger partial charge on any atom is 0.416 e. The highest BCUT2D eigenvalue weighted by molar-refractivity contribution is 8.00. The van der Waals surface area contributed by atoms with Crippen LogP contribution in [0.4, 0.5) is 18.9 Å². The zero-order chi connectivity index (χ0) is 24.3. The van der Waals surface area contributed by atoms with E-state index in [4.69, 9.17) is 0 Å². The summed E-state index contributed by atoms with van der Waals surface area (Å²) in [5.74, 6) is 0.138. The molecule has 0 fully saturated rings. The van der Waals surface area contributed by atoms with Gasteiger partial charge in [0, 0.05) is 23.6 Å². The first kappa shape index (κ1) is 23.5. The Morgan fingerprint density at radius 3 is 2.47 bits per heavy atom. The van der Waals surface area contributed by atoms with Crippen LogP contribution in [-0.2, 0) is 11.0 Å². The number of amides is 1. The summed E-state index contributed by atoms with van der Waals surface area (Å²) in [4.78, 5) is 16.8. The zero-order valence-electron chi connectivity index (χ0n) is 18.2. The van der Waals surface area contributed by atoms with Crippen molar-refractivity contribution in [2.24, 2.45) is 0 Å². The molecule has 0 aliphatic rings. The molecular weight excluding hydrogens is 463 g/mol. The van der Waals surface area contributed by atoms with Crippen molar-refractivity contribution in [1.29, 1.82) is 0 Å². The van der Waals surface area contributed by atoms with Gasteiger partial charge in [-0.2, -0.15) is 13.2 Å². The number of anilines is 1. The molecule has 2 aromatic carbocycles. The number of aryl methyl sites for hydroxylation is 1. The van der Waals surface area contributed by atoms with E-state index in [2.05, 4.69) is 20.5 Å². The molecule has 1 amide bonds. The summed E-state index contributed by atoms with van der Waals surface area (Å²) in [6, 6.07) is 15.9. The second-order valence-electron chi connectivity index (χ2n) is 7.49. The first-order valence-electron chi connectivity index (χ1n) is 10.3. The molecule has 2 aromatic heterocycles. The highest BCUT2D eigenvalue weighted by Gasteiger charge is 2.30. The predicted molar refractivity (Wildman–Crippen MR) is 125 cm³/mol. The van der Waals surface area contributed by atoms with Crippen molar-refractivity contribution in [1.82, 2.24) is 19.7 Å². The van der Waals surface area contributed by atoms with Crippen LogP contribution in [0.3, 0.4) is 0 Å². The number of halogens is 3. The molecule has 0 radical (unpaired) electrons. The summed E-state index contributed by atoms with van der Waals surface area (Å²) < 4.78 is 40.8. The Kier molecular flexibility index (Phi) is 6.69. The van der Waals surface area contributed by atoms with Crippen molar-refractivity contribution in [2.45, 2.75) is 30.4 Å². The molecule has 0 spiro atoms. The number of carbonyl (C=O) groups excluding carboxylic acids is 1. The van der Waals surface area contributed by atoms with E-state index < -0.39 is 22.9 Å². The van der Waals surface area contributed by atoms with Crippen molar-refractivity contribution >= 4 is 23.4 Å². The summed E-state index contributed by atoms with van der Waals surface area (Å²) in [7, 11) is 0. The summed E-state index contributed by atoms with van der Waals surface area (Å²) in [6.45, 7) is 3.63. The number of alkyl halides is 3. The quantitative estimate of drug-likeness (QED) is 0.352. The van der Waals surface area contributed by atoms with E-state index in [-0.39, 0.29) is 5.69 Å². The van der Waals surface area contributed by atoms with Gasteiger partial charge >= 0.3 is 6.18 Å². The average molecular weight is 484 g/mol. The van der Waals surface area contributed by atoms with E-state index in [1.165, 1.54) is 23.9 Å². The summed E-state index contributed by atoms with van der Waals surface area (Å²) in [5, 5.41) is 11.0. The standard InChI is InChI=1S/C24H20F3N5OS/c1-15-6-3-4-9-20(15)32-21(17-10-12-28-13-11-17)30-31-23(32)34-16(2)22(33)29-19-8-5-7-18(14-19)24(25,26)27/h3-14,16H,1-2H3,(H,29,33). The lowest BCUT2D eigenvalue weighted by molar-refractivity contribution is -0.137. The molecule has 1 unspecified atom stereocenters. The highest BCUT2D eigenvalue weighted by atomic mass is 32.2. The van der Waals surface area contributed by atoms with E-state index in [0.29, 0.717) is 11.0 Å². The van der Waals surface area contributed by atoms with E-state index in [1.807, 2.05) is 47.9 Å². The Balaban J connectivity index is 1.62. The number of nitrogens with one attached hydrogen (secondary N) is 1. The Bertz CT molecular complexity index is 1310. The topological polar surface area (TPSA) is 72.7 Å². The maximum atomic E-state index is 13.0. The number of rotatable bonds is 6. The minimum atomic E-state index is -4.49. The summed E-state index contributed by atoms with van der Waals surface area (Å²) in [6.07, 6.45) is -1.18. The third-order valence-corrected chi connectivity index (χ3v) is 6.08. The molecule has 174 valence electrons. The lowest BCUT2D eigenvalue weighted by atomic mass is 10.2. The van der Waals surface area contributed by atoms with Crippen molar-refractivity contribution in [3.8, 4) is 17.1 Å². The smallest absolute Gasteiger partial charge is 0.325 e. The lowest BCUT2D eigenvalue weighted by Crippen LogP contribution is -2.23. The normalized spacial score (nSPS) is 12.4. The van der Waals surface area contributed by atoms with Crippen molar-refractivity contribution in [2.75, 3.05) is 5.32 Å². The van der Waals surface area contributed by atoms with Crippen molar-refractivity contribution in [3.05, 3.63) is 84.2 Å². The van der Waals surface area contributed by atoms with Crippen LogP contribution in [0.15, 0.2) is 78.2 Å². The molecule has 10 heteroatoms. The second-order valence-corrected chi connectivity index (χ2v) is 8.80. The van der Waals surface area contributed by atoms with Gasteiger partial charge in [-0.25, -0.2) is 0 Å². The molecule has 4 aromatic rings. The molecule has 0 saturated heterocycles. The molecule has 0 bridgehead atoms. The summed E-state index contributed by atoms with van der Waals surface area (Å²) in [5.41, 5.74) is 1.89. The number of carbonyl (C=O) groups is 1. The zero-order valence-corrected chi connectivity index (χ0v) is 19.1. The molecule has 0 aliphatic carbocycles. The number of benzene rings is 2. The van der Waals surface area contributed by atoms with Crippen molar-refractivity contribution < 1.29 is 18.0 Å². The van der Waals surface area contributed by atoms with Crippen LogP contribution in [0.25, 0.3) is 17.1 Å². The number of hydrogen-bond acceptors (Lipinski definition) is 5. The number of hydrogen-bond donors (Lipinski definition) is 1. The lowest BCUT2D eigenvalue weighted by Gasteiger charge is -2.16. The molecule has 0 saturated carbocycles. The maximum absolute atomic E-state index is 13.0. The Hall–Kier alpha value is -3.66. The van der Waals surface area contributed by atoms with Crippen LogP contribution < -0.4 is 5.32 Å². The third kappa shape index (κ3) is 5.12. The molecule has 2 heterocycles. The van der Waals surface area contributed by atoms with Gasteiger partial charge in [-0.05, 0) is 55.8 Å². The third-order valence-electron chi connectivity index (χ3n) is 5.04. The summed E-state index contributed by atoms with van der Waals surface area (Å²) >= 11 is 1.17. The van der Waals surface area contributed by atoms with E-state index in [1.54, 1.807) is 19.3 Å². The van der Waals surface area contributed by atoms with E-state index in [0.717, 1.165) is 28.9 Å². The molecule has 1 N–H and O–H groups in total. The van der Waals surface area contributed by atoms with Gasteiger partial charge < -0.3 is 5.32 Å². The van der Waals surface area contributed by atoms with E-state index in [9.17, 15) is 18.0 Å². The van der Waals surface area contributed by atoms with Crippen LogP contribution >= 0.6 is 11.8 Å². The number of nitrogens with zero attached hydrogens (tertiary/aromatic N) is 4. The van der Waals surface area contributed by atoms with Gasteiger partial charge in [0.25, 0.3) is 0 Å². The molecular formula is C24H20F3N5OS. The molecule has 1 atom stereocenters. The Morgan fingerprint density at radius 1 is 1.03 bits per heavy atom. The number of para-hydroxylation sites is 1. The van der Waals surface area contributed by atoms with Gasteiger partial charge in [0.15, 0.2) is 11.0 Å². The number of pyridine rings is 1. The fourth-order valence-electron chi connectivity index (χ4n) is 3.29. The van der Waals surface area contributed by atoms with Gasteiger partial charge in [0.1, 0.15) is 0 Å². The van der Waals surface area contributed by atoms with Gasteiger partial charge in [-0.3, -0.25) is 14.3 Å². The minimum absolute atomic E-state index is 0.0742. The average Bonchev–Trinajstić information content (AvgIpc) is 3.22. The van der Waals surface area contributed by atoms with Gasteiger partial charge in [-0.15, -0.1) is 10.2 Å². The number of thioether (sulfide) groups is 1. The van der Waals surface area contributed by atoms with Gasteiger partial charge in [0.2, 0.25) is 5.91 Å². The Morgan fingerprint density at radius 2 is 1.76 bits per heavy atom. The molecule has 0 aliphatic heterocycles. The minimum Gasteiger partial charge on any atom is -0.325 e.